The summed E-state index contributed by atoms with van der Waals surface area (Å²) in [6.45, 7) is 1.35. The number of nitro groups is 1. The number of non-ortho nitro benzene ring substituents is 1. The normalized spacial score (nSPS) is 11.4. The van der Waals surface area contributed by atoms with E-state index in [2.05, 4.69) is 15.2 Å². The highest BCUT2D eigenvalue weighted by atomic mass is 32.1. The number of nitro benzene ring substituents is 1. The number of nitrogens with zero attached hydrogens (tertiary/aromatic N) is 6. The third-order valence-electron chi connectivity index (χ3n) is 5.58. The molecular weight excluding hydrogens is 520 g/mol. The van der Waals surface area contributed by atoms with Crippen molar-refractivity contribution in [2.75, 3.05) is 0 Å². The van der Waals surface area contributed by atoms with Gasteiger partial charge < -0.3 is 0 Å². The van der Waals surface area contributed by atoms with Gasteiger partial charge in [-0.3, -0.25) is 24.5 Å². The van der Waals surface area contributed by atoms with Gasteiger partial charge in [0.15, 0.2) is 10.8 Å². The summed E-state index contributed by atoms with van der Waals surface area (Å²) in [5, 5.41) is 19.8. The van der Waals surface area contributed by atoms with E-state index >= 15 is 0 Å². The molecule has 0 bridgehead atoms. The number of rotatable bonds is 7. The first kappa shape index (κ1) is 25.3. The summed E-state index contributed by atoms with van der Waals surface area (Å²) in [7, 11) is 0. The second-order valence-corrected chi connectivity index (χ2v) is 9.16. The van der Waals surface area contributed by atoms with Crippen LogP contribution in [-0.2, 0) is 0 Å². The highest BCUT2D eigenvalue weighted by Gasteiger charge is 2.24. The monoisotopic (exact) mass is 538 g/mol. The third kappa shape index (κ3) is 5.22. The molecule has 3 aromatic carbocycles. The van der Waals surface area contributed by atoms with Gasteiger partial charge >= 0.3 is 0 Å². The van der Waals surface area contributed by atoms with Gasteiger partial charge in [0.2, 0.25) is 10.6 Å². The van der Waals surface area contributed by atoms with Crippen LogP contribution in [0.25, 0.3) is 11.4 Å². The van der Waals surface area contributed by atoms with Crippen LogP contribution >= 0.6 is 11.3 Å². The molecular formula is C27H18N6O5S. The van der Waals surface area contributed by atoms with Gasteiger partial charge in [0.1, 0.15) is 11.4 Å². The zero-order valence-corrected chi connectivity index (χ0v) is 21.1. The molecule has 0 radical (unpaired) electrons. The van der Waals surface area contributed by atoms with Gasteiger partial charge in [-0.25, -0.2) is 9.36 Å². The lowest BCUT2D eigenvalue weighted by atomic mass is 10.2. The summed E-state index contributed by atoms with van der Waals surface area (Å²) in [4.78, 5) is 53.5. The molecule has 5 aromatic rings. The Balaban J connectivity index is 1.65. The maximum absolute atomic E-state index is 13.7. The summed E-state index contributed by atoms with van der Waals surface area (Å²) < 4.78 is 2.64. The number of benzene rings is 3. The fraction of sp³-hybridized carbons (Fsp3) is 0.0370. The largest absolute Gasteiger partial charge is 0.293 e. The summed E-state index contributed by atoms with van der Waals surface area (Å²) in [5.74, 6) is -1.42. The van der Waals surface area contributed by atoms with Crippen molar-refractivity contribution in [2.45, 2.75) is 6.92 Å². The number of para-hydroxylation sites is 1. The average Bonchev–Trinajstić information content (AvgIpc) is 3.59. The van der Waals surface area contributed by atoms with Crippen molar-refractivity contribution in [3.05, 3.63) is 128 Å². The Bertz CT molecular complexity index is 1790. The zero-order chi connectivity index (χ0) is 27.5. The lowest BCUT2D eigenvalue weighted by molar-refractivity contribution is -0.384. The molecule has 0 N–H and O–H groups in total. The summed E-state index contributed by atoms with van der Waals surface area (Å²) in [6.07, 6.45) is 0. The molecule has 0 atom stereocenters. The molecule has 0 aliphatic rings. The predicted octanol–water partition coefficient (Wildman–Crippen LogP) is 4.20. The first-order chi connectivity index (χ1) is 18.8. The van der Waals surface area contributed by atoms with E-state index in [0.29, 0.717) is 16.9 Å². The number of hydrogen-bond donors (Lipinski definition) is 0. The van der Waals surface area contributed by atoms with Gasteiger partial charge in [0.25, 0.3) is 11.6 Å². The van der Waals surface area contributed by atoms with Crippen molar-refractivity contribution in [2.24, 2.45) is 4.99 Å². The Hall–Kier alpha value is -5.36. The SMILES string of the molecule is CC(=O)c1cc(C(=O)c2nn(-c3ccc([N+](=O)[O-])cc3)c(=NC(=O)c3ccccc3)s2)n(-c2ccccc2)n1. The molecule has 1 amide bonds. The number of Topliss-reactive ketones (excluding diaryl/α,β-unsaturated/α-hetero) is 1. The molecule has 2 heterocycles. The van der Waals surface area contributed by atoms with E-state index < -0.39 is 16.6 Å². The van der Waals surface area contributed by atoms with Crippen LogP contribution in [0.1, 0.15) is 43.3 Å². The molecule has 2 aromatic heterocycles. The highest BCUT2D eigenvalue weighted by Crippen LogP contribution is 2.19. The summed E-state index contributed by atoms with van der Waals surface area (Å²) >= 11 is 0.867. The lowest BCUT2D eigenvalue weighted by Gasteiger charge is -2.05. The smallest absolute Gasteiger partial charge is 0.279 e. The Labute approximate surface area is 224 Å². The Morgan fingerprint density at radius 2 is 1.46 bits per heavy atom. The van der Waals surface area contributed by atoms with Gasteiger partial charge in [-0.15, -0.1) is 0 Å². The third-order valence-corrected chi connectivity index (χ3v) is 6.49. The van der Waals surface area contributed by atoms with Crippen LogP contribution in [0, 0.1) is 10.1 Å². The van der Waals surface area contributed by atoms with E-state index in [9.17, 15) is 24.5 Å². The van der Waals surface area contributed by atoms with E-state index in [1.807, 2.05) is 6.07 Å². The van der Waals surface area contributed by atoms with Crippen molar-refractivity contribution >= 4 is 34.5 Å². The quantitative estimate of drug-likeness (QED) is 0.172. The van der Waals surface area contributed by atoms with Gasteiger partial charge in [-0.1, -0.05) is 47.7 Å². The zero-order valence-electron chi connectivity index (χ0n) is 20.3. The number of ketones is 2. The number of carbonyl (C=O) groups excluding carboxylic acids is 3. The van der Waals surface area contributed by atoms with Crippen molar-refractivity contribution < 1.29 is 19.3 Å². The van der Waals surface area contributed by atoms with Crippen LogP contribution < -0.4 is 4.80 Å². The molecule has 0 aliphatic carbocycles. The number of aromatic nitrogens is 4. The second kappa shape index (κ2) is 10.6. The van der Waals surface area contributed by atoms with Crippen LogP contribution in [0.4, 0.5) is 5.69 Å². The maximum atomic E-state index is 13.7. The van der Waals surface area contributed by atoms with Gasteiger partial charge in [-0.05, 0) is 42.5 Å². The van der Waals surface area contributed by atoms with E-state index in [-0.39, 0.29) is 32.7 Å². The Kier molecular flexibility index (Phi) is 6.85. The van der Waals surface area contributed by atoms with E-state index in [1.54, 1.807) is 54.6 Å². The standard InChI is InChI=1S/C27H18N6O5S/c1-17(34)22-16-23(31(29-22)19-10-6-3-7-11-19)24(35)26-30-32(20-12-14-21(15-13-20)33(37)38)27(39-26)28-25(36)18-8-4-2-5-9-18/h2-16H,1H3. The minimum absolute atomic E-state index is 0.0276. The summed E-state index contributed by atoms with van der Waals surface area (Å²) in [5.41, 5.74) is 1.33. The first-order valence-electron chi connectivity index (χ1n) is 11.5. The van der Waals surface area contributed by atoms with Crippen LogP contribution in [0.2, 0.25) is 0 Å². The molecule has 0 unspecified atom stereocenters. The number of hydrogen-bond acceptors (Lipinski definition) is 8. The average molecular weight is 539 g/mol. The summed E-state index contributed by atoms with van der Waals surface area (Å²) in [6, 6.07) is 24.1. The number of carbonyl (C=O) groups is 3. The minimum Gasteiger partial charge on any atom is -0.293 e. The van der Waals surface area contributed by atoms with Crippen molar-refractivity contribution in [1.82, 2.24) is 19.6 Å². The van der Waals surface area contributed by atoms with Crippen LogP contribution in [0.5, 0.6) is 0 Å². The molecule has 5 rings (SSSR count). The van der Waals surface area contributed by atoms with Gasteiger partial charge in [0.05, 0.1) is 16.3 Å². The van der Waals surface area contributed by atoms with E-state index in [4.69, 9.17) is 0 Å². The molecule has 39 heavy (non-hydrogen) atoms. The number of amides is 1. The van der Waals surface area contributed by atoms with Crippen LogP contribution in [0.3, 0.4) is 0 Å². The molecule has 0 saturated carbocycles. The van der Waals surface area contributed by atoms with Gasteiger partial charge in [-0.2, -0.15) is 15.2 Å². The Morgan fingerprint density at radius 1 is 0.846 bits per heavy atom. The van der Waals surface area contributed by atoms with Crippen LogP contribution in [0.15, 0.2) is 96.0 Å². The molecule has 192 valence electrons. The molecule has 0 spiro atoms. The highest BCUT2D eigenvalue weighted by molar-refractivity contribution is 7.11. The molecule has 0 saturated heterocycles. The van der Waals surface area contributed by atoms with Crippen molar-refractivity contribution in [1.29, 1.82) is 0 Å². The fourth-order valence-corrected chi connectivity index (χ4v) is 4.51. The molecule has 12 heteroatoms. The maximum Gasteiger partial charge on any atom is 0.279 e. The molecule has 0 aliphatic heterocycles. The molecule has 0 fully saturated rings. The first-order valence-corrected chi connectivity index (χ1v) is 12.3. The predicted molar refractivity (Wildman–Crippen MR) is 141 cm³/mol. The van der Waals surface area contributed by atoms with Crippen molar-refractivity contribution in [3.8, 4) is 11.4 Å². The fourth-order valence-electron chi connectivity index (χ4n) is 3.65. The molecule has 11 nitrogen and oxygen atoms in total. The second-order valence-electron chi connectivity index (χ2n) is 8.21. The van der Waals surface area contributed by atoms with E-state index in [1.165, 1.54) is 46.6 Å². The lowest BCUT2D eigenvalue weighted by Crippen LogP contribution is -2.17. The topological polar surface area (TPSA) is 142 Å². The van der Waals surface area contributed by atoms with Gasteiger partial charge in [0, 0.05) is 24.6 Å². The van der Waals surface area contributed by atoms with E-state index in [0.717, 1.165) is 11.3 Å². The van der Waals surface area contributed by atoms with Crippen molar-refractivity contribution in [3.63, 3.8) is 0 Å². The Morgan fingerprint density at radius 3 is 2.08 bits per heavy atom. The minimum atomic E-state index is -0.554. The van der Waals surface area contributed by atoms with Crippen LogP contribution in [-0.4, -0.2) is 42.0 Å².